The molecule has 1 aliphatic rings. The van der Waals surface area contributed by atoms with Crippen LogP contribution in [0.15, 0.2) is 30.5 Å². The number of fused-ring (bicyclic) bond motifs is 2. The van der Waals surface area contributed by atoms with E-state index in [2.05, 4.69) is 23.0 Å². The summed E-state index contributed by atoms with van der Waals surface area (Å²) in [5.41, 5.74) is 4.46. The van der Waals surface area contributed by atoms with Crippen molar-refractivity contribution in [2.75, 3.05) is 11.5 Å². The number of rotatable bonds is 3. The maximum Gasteiger partial charge on any atom is 0.130 e. The van der Waals surface area contributed by atoms with Crippen molar-refractivity contribution in [3.05, 3.63) is 52.3 Å². The molecule has 3 heterocycles. The summed E-state index contributed by atoms with van der Waals surface area (Å²) in [6.45, 7) is 4.27. The van der Waals surface area contributed by atoms with Gasteiger partial charge in [0.15, 0.2) is 0 Å². The highest BCUT2D eigenvalue weighted by molar-refractivity contribution is 6.31. The monoisotopic (exact) mass is 328 g/mol. The Hall–Kier alpha value is -2.11. The average Bonchev–Trinajstić information content (AvgIpc) is 3.09. The zero-order valence-electron chi connectivity index (χ0n) is 12.8. The number of halogens is 1. The van der Waals surface area contributed by atoms with Crippen LogP contribution in [0.4, 0.5) is 5.82 Å². The van der Waals surface area contributed by atoms with E-state index in [0.29, 0.717) is 11.6 Å². The Morgan fingerprint density at radius 3 is 2.96 bits per heavy atom. The Morgan fingerprint density at radius 2 is 2.13 bits per heavy atom. The SMILES string of the molecule is Cc1cc(N2Cc3cnn(CCO)c3C2)nc2cc(Cl)ccc12. The number of benzene rings is 1. The molecule has 0 radical (unpaired) electrons. The van der Waals surface area contributed by atoms with Gasteiger partial charge in [-0.3, -0.25) is 4.68 Å². The normalized spacial score (nSPS) is 13.8. The molecule has 23 heavy (non-hydrogen) atoms. The molecule has 0 spiro atoms. The fourth-order valence-corrected chi connectivity index (χ4v) is 3.34. The third-order valence-electron chi connectivity index (χ3n) is 4.34. The van der Waals surface area contributed by atoms with Gasteiger partial charge >= 0.3 is 0 Å². The van der Waals surface area contributed by atoms with Gasteiger partial charge in [-0.2, -0.15) is 5.10 Å². The Bertz CT molecular complexity index is 890. The summed E-state index contributed by atoms with van der Waals surface area (Å²) >= 11 is 6.11. The van der Waals surface area contributed by atoms with E-state index in [1.807, 2.05) is 29.1 Å². The summed E-state index contributed by atoms with van der Waals surface area (Å²) in [6, 6.07) is 7.94. The molecular formula is C17H17ClN4O. The molecule has 4 rings (SSSR count). The van der Waals surface area contributed by atoms with Crippen LogP contribution in [0, 0.1) is 6.92 Å². The van der Waals surface area contributed by atoms with Crippen LogP contribution < -0.4 is 4.90 Å². The fraction of sp³-hybridized carbons (Fsp3) is 0.294. The zero-order chi connectivity index (χ0) is 16.0. The van der Waals surface area contributed by atoms with E-state index in [0.717, 1.165) is 35.5 Å². The van der Waals surface area contributed by atoms with Gasteiger partial charge < -0.3 is 10.0 Å². The van der Waals surface area contributed by atoms with Gasteiger partial charge in [-0.25, -0.2) is 4.98 Å². The van der Waals surface area contributed by atoms with Crippen molar-refractivity contribution in [1.82, 2.24) is 14.8 Å². The van der Waals surface area contributed by atoms with E-state index in [4.69, 9.17) is 21.7 Å². The molecule has 0 unspecified atom stereocenters. The quantitative estimate of drug-likeness (QED) is 0.803. The van der Waals surface area contributed by atoms with E-state index in [1.54, 1.807) is 0 Å². The number of aliphatic hydroxyl groups is 1. The molecule has 0 saturated heterocycles. The Balaban J connectivity index is 1.70. The van der Waals surface area contributed by atoms with Crippen molar-refractivity contribution in [3.8, 4) is 0 Å². The van der Waals surface area contributed by atoms with Gasteiger partial charge in [0.2, 0.25) is 0 Å². The highest BCUT2D eigenvalue weighted by atomic mass is 35.5. The van der Waals surface area contributed by atoms with Gasteiger partial charge in [-0.05, 0) is 30.7 Å². The molecule has 6 heteroatoms. The van der Waals surface area contributed by atoms with E-state index in [-0.39, 0.29) is 6.61 Å². The van der Waals surface area contributed by atoms with Gasteiger partial charge in [0.05, 0.1) is 37.1 Å². The molecule has 0 atom stereocenters. The number of anilines is 1. The number of hydrogen-bond donors (Lipinski definition) is 1. The molecule has 0 fully saturated rings. The van der Waals surface area contributed by atoms with E-state index in [9.17, 15) is 0 Å². The Kier molecular flexibility index (Phi) is 3.47. The number of hydrogen-bond acceptors (Lipinski definition) is 4. The third kappa shape index (κ3) is 2.46. The summed E-state index contributed by atoms with van der Waals surface area (Å²) < 4.78 is 1.88. The van der Waals surface area contributed by atoms with Crippen molar-refractivity contribution < 1.29 is 5.11 Å². The highest BCUT2D eigenvalue weighted by Crippen LogP contribution is 2.30. The number of aliphatic hydroxyl groups excluding tert-OH is 1. The standard InChI is InChI=1S/C17H17ClN4O/c1-11-6-17(20-15-7-13(18)2-3-14(11)15)21-9-12-8-19-22(4-5-23)16(12)10-21/h2-3,6-8,23H,4-5,9-10H2,1H3. The molecule has 118 valence electrons. The highest BCUT2D eigenvalue weighted by Gasteiger charge is 2.24. The van der Waals surface area contributed by atoms with Crippen LogP contribution >= 0.6 is 11.6 Å². The van der Waals surface area contributed by atoms with Gasteiger partial charge in [0.25, 0.3) is 0 Å². The third-order valence-corrected chi connectivity index (χ3v) is 4.57. The first-order valence-corrected chi connectivity index (χ1v) is 8.00. The molecule has 1 aliphatic heterocycles. The Morgan fingerprint density at radius 1 is 1.26 bits per heavy atom. The molecule has 1 N–H and O–H groups in total. The summed E-state index contributed by atoms with van der Waals surface area (Å²) in [5, 5.41) is 15.3. The molecule has 0 bridgehead atoms. The summed E-state index contributed by atoms with van der Waals surface area (Å²) in [4.78, 5) is 7.01. The van der Waals surface area contributed by atoms with Gasteiger partial charge in [0, 0.05) is 22.5 Å². The molecule has 1 aromatic carbocycles. The predicted octanol–water partition coefficient (Wildman–Crippen LogP) is 2.91. The lowest BCUT2D eigenvalue weighted by molar-refractivity contribution is 0.267. The van der Waals surface area contributed by atoms with Gasteiger partial charge in [-0.15, -0.1) is 0 Å². The van der Waals surface area contributed by atoms with Crippen LogP contribution in [0.2, 0.25) is 5.02 Å². The first-order chi connectivity index (χ1) is 11.2. The van der Waals surface area contributed by atoms with Crippen LogP contribution in [0.3, 0.4) is 0 Å². The van der Waals surface area contributed by atoms with Crippen molar-refractivity contribution >= 4 is 28.3 Å². The number of aromatic nitrogens is 3. The van der Waals surface area contributed by atoms with Crippen LogP contribution in [0.25, 0.3) is 10.9 Å². The number of aryl methyl sites for hydroxylation is 1. The largest absolute Gasteiger partial charge is 0.394 e. The smallest absolute Gasteiger partial charge is 0.130 e. The minimum Gasteiger partial charge on any atom is -0.394 e. The number of nitrogens with zero attached hydrogens (tertiary/aromatic N) is 4. The minimum absolute atomic E-state index is 0.0972. The lowest BCUT2D eigenvalue weighted by Gasteiger charge is -2.19. The van der Waals surface area contributed by atoms with Gasteiger partial charge in [-0.1, -0.05) is 17.7 Å². The van der Waals surface area contributed by atoms with Crippen molar-refractivity contribution in [1.29, 1.82) is 0 Å². The molecule has 0 amide bonds. The minimum atomic E-state index is 0.0972. The summed E-state index contributed by atoms with van der Waals surface area (Å²) in [7, 11) is 0. The molecule has 0 aliphatic carbocycles. The summed E-state index contributed by atoms with van der Waals surface area (Å²) in [5.74, 6) is 0.948. The van der Waals surface area contributed by atoms with Crippen molar-refractivity contribution in [2.24, 2.45) is 0 Å². The van der Waals surface area contributed by atoms with Crippen LogP contribution in [0.5, 0.6) is 0 Å². The average molecular weight is 329 g/mol. The predicted molar refractivity (Wildman–Crippen MR) is 90.7 cm³/mol. The van der Waals surface area contributed by atoms with Crippen molar-refractivity contribution in [2.45, 2.75) is 26.6 Å². The lowest BCUT2D eigenvalue weighted by Crippen LogP contribution is -2.18. The fourth-order valence-electron chi connectivity index (χ4n) is 3.18. The molecule has 5 nitrogen and oxygen atoms in total. The first-order valence-electron chi connectivity index (χ1n) is 7.62. The maximum absolute atomic E-state index is 9.13. The second-order valence-corrected chi connectivity index (χ2v) is 6.31. The van der Waals surface area contributed by atoms with E-state index in [1.165, 1.54) is 11.1 Å². The second kappa shape index (κ2) is 5.51. The maximum atomic E-state index is 9.13. The van der Waals surface area contributed by atoms with E-state index < -0.39 is 0 Å². The lowest BCUT2D eigenvalue weighted by atomic mass is 10.1. The van der Waals surface area contributed by atoms with Gasteiger partial charge in [0.1, 0.15) is 5.82 Å². The molecule has 2 aromatic heterocycles. The van der Waals surface area contributed by atoms with Crippen LogP contribution in [-0.4, -0.2) is 26.5 Å². The van der Waals surface area contributed by atoms with Crippen molar-refractivity contribution in [3.63, 3.8) is 0 Å². The number of pyridine rings is 1. The van der Waals surface area contributed by atoms with Crippen LogP contribution in [0.1, 0.15) is 16.8 Å². The first kappa shape index (κ1) is 14.5. The topological polar surface area (TPSA) is 54.2 Å². The Labute approximate surface area is 139 Å². The summed E-state index contributed by atoms with van der Waals surface area (Å²) in [6.07, 6.45) is 1.88. The second-order valence-electron chi connectivity index (χ2n) is 5.88. The zero-order valence-corrected chi connectivity index (χ0v) is 13.6. The molecular weight excluding hydrogens is 312 g/mol. The molecule has 3 aromatic rings. The van der Waals surface area contributed by atoms with E-state index >= 15 is 0 Å². The van der Waals surface area contributed by atoms with Crippen LogP contribution in [-0.2, 0) is 19.6 Å². The molecule has 0 saturated carbocycles.